The van der Waals surface area contributed by atoms with E-state index in [1.54, 1.807) is 30.5 Å². The summed E-state index contributed by atoms with van der Waals surface area (Å²) in [6, 6.07) is 7.22. The van der Waals surface area contributed by atoms with Crippen molar-refractivity contribution in [3.05, 3.63) is 51.3 Å². The summed E-state index contributed by atoms with van der Waals surface area (Å²) in [6.45, 7) is 0.483. The fraction of sp³-hybridized carbons (Fsp3) is 0.267. The van der Waals surface area contributed by atoms with Gasteiger partial charge in [-0.15, -0.1) is 0 Å². The summed E-state index contributed by atoms with van der Waals surface area (Å²) in [4.78, 5) is 3.96. The first-order valence-electron chi connectivity index (χ1n) is 6.63. The molecule has 0 bridgehead atoms. The second-order valence-corrected chi connectivity index (χ2v) is 6.21. The van der Waals surface area contributed by atoms with E-state index in [0.29, 0.717) is 33.4 Å². The summed E-state index contributed by atoms with van der Waals surface area (Å²) in [5, 5.41) is 3.85. The maximum absolute atomic E-state index is 14.4. The molecule has 0 saturated heterocycles. The average molecular weight is 372 g/mol. The van der Waals surface area contributed by atoms with Crippen molar-refractivity contribution in [3.63, 3.8) is 0 Å². The SMILES string of the molecule is Fc1c(CNC2CC2)ccnc1Oc1ccc(Cl)cc1Br. The molecule has 21 heavy (non-hydrogen) atoms. The van der Waals surface area contributed by atoms with Crippen LogP contribution in [-0.4, -0.2) is 11.0 Å². The van der Waals surface area contributed by atoms with Gasteiger partial charge < -0.3 is 10.1 Å². The van der Waals surface area contributed by atoms with E-state index in [0.717, 1.165) is 12.8 Å². The number of aromatic nitrogens is 1. The van der Waals surface area contributed by atoms with E-state index >= 15 is 0 Å². The maximum Gasteiger partial charge on any atom is 0.256 e. The molecular weight excluding hydrogens is 359 g/mol. The van der Waals surface area contributed by atoms with Gasteiger partial charge in [0.1, 0.15) is 5.75 Å². The number of ether oxygens (including phenoxy) is 1. The first-order chi connectivity index (χ1) is 10.1. The number of halogens is 3. The first-order valence-corrected chi connectivity index (χ1v) is 7.80. The van der Waals surface area contributed by atoms with Crippen LogP contribution in [0.2, 0.25) is 5.02 Å². The van der Waals surface area contributed by atoms with Crippen LogP contribution in [0.1, 0.15) is 18.4 Å². The highest BCUT2D eigenvalue weighted by atomic mass is 79.9. The number of pyridine rings is 1. The summed E-state index contributed by atoms with van der Waals surface area (Å²) < 4.78 is 20.6. The second-order valence-electron chi connectivity index (χ2n) is 4.92. The van der Waals surface area contributed by atoms with Gasteiger partial charge in [0, 0.05) is 29.4 Å². The zero-order valence-electron chi connectivity index (χ0n) is 11.1. The Morgan fingerprint density at radius 3 is 2.90 bits per heavy atom. The summed E-state index contributed by atoms with van der Waals surface area (Å²) >= 11 is 9.20. The largest absolute Gasteiger partial charge is 0.435 e. The van der Waals surface area contributed by atoms with E-state index in [1.807, 2.05) is 0 Å². The van der Waals surface area contributed by atoms with Gasteiger partial charge in [-0.2, -0.15) is 0 Å². The van der Waals surface area contributed by atoms with Crippen LogP contribution in [-0.2, 0) is 6.54 Å². The molecule has 2 aromatic rings. The lowest BCUT2D eigenvalue weighted by molar-refractivity contribution is 0.415. The van der Waals surface area contributed by atoms with Crippen LogP contribution in [0.4, 0.5) is 4.39 Å². The van der Waals surface area contributed by atoms with Gasteiger partial charge in [-0.25, -0.2) is 9.37 Å². The highest BCUT2D eigenvalue weighted by molar-refractivity contribution is 9.10. The summed E-state index contributed by atoms with van der Waals surface area (Å²) in [5.74, 6) is -0.00118. The molecule has 0 aliphatic heterocycles. The normalized spacial score (nSPS) is 14.2. The van der Waals surface area contributed by atoms with Crippen LogP contribution in [0.25, 0.3) is 0 Å². The van der Waals surface area contributed by atoms with Crippen LogP contribution in [0.15, 0.2) is 34.9 Å². The van der Waals surface area contributed by atoms with Crippen LogP contribution in [0, 0.1) is 5.82 Å². The van der Waals surface area contributed by atoms with Gasteiger partial charge in [0.2, 0.25) is 0 Å². The van der Waals surface area contributed by atoms with Gasteiger partial charge in [-0.1, -0.05) is 11.6 Å². The molecule has 0 amide bonds. The molecule has 3 nitrogen and oxygen atoms in total. The van der Waals surface area contributed by atoms with E-state index in [2.05, 4.69) is 26.2 Å². The Morgan fingerprint density at radius 1 is 1.38 bits per heavy atom. The molecule has 1 fully saturated rings. The van der Waals surface area contributed by atoms with Gasteiger partial charge >= 0.3 is 0 Å². The van der Waals surface area contributed by atoms with Crippen molar-refractivity contribution in [1.29, 1.82) is 0 Å². The Kier molecular flexibility index (Phi) is 4.42. The Hall–Kier alpha value is -1.17. The van der Waals surface area contributed by atoms with Gasteiger partial charge in [0.15, 0.2) is 5.82 Å². The van der Waals surface area contributed by atoms with Crippen molar-refractivity contribution in [2.75, 3.05) is 0 Å². The van der Waals surface area contributed by atoms with Crippen LogP contribution < -0.4 is 10.1 Å². The van der Waals surface area contributed by atoms with E-state index in [4.69, 9.17) is 16.3 Å². The average Bonchev–Trinajstić information content (AvgIpc) is 3.27. The minimum atomic E-state index is -0.437. The lowest BCUT2D eigenvalue weighted by Crippen LogP contribution is -2.16. The third-order valence-corrected chi connectivity index (χ3v) is 4.05. The van der Waals surface area contributed by atoms with Crippen LogP contribution >= 0.6 is 27.5 Å². The second kappa shape index (κ2) is 6.30. The van der Waals surface area contributed by atoms with E-state index in [1.165, 1.54) is 0 Å². The Bertz CT molecular complexity index is 664. The monoisotopic (exact) mass is 370 g/mol. The molecule has 110 valence electrons. The third kappa shape index (κ3) is 3.73. The van der Waals surface area contributed by atoms with Crippen molar-refractivity contribution < 1.29 is 9.13 Å². The zero-order chi connectivity index (χ0) is 14.8. The Balaban J connectivity index is 1.79. The van der Waals surface area contributed by atoms with Gasteiger partial charge in [-0.3, -0.25) is 0 Å². The number of rotatable bonds is 5. The molecule has 1 aliphatic carbocycles. The lowest BCUT2D eigenvalue weighted by atomic mass is 10.2. The van der Waals surface area contributed by atoms with Gasteiger partial charge in [0.25, 0.3) is 5.88 Å². The third-order valence-electron chi connectivity index (χ3n) is 3.20. The van der Waals surface area contributed by atoms with Crippen LogP contribution in [0.3, 0.4) is 0 Å². The molecule has 1 saturated carbocycles. The number of nitrogens with one attached hydrogen (secondary N) is 1. The Morgan fingerprint density at radius 2 is 2.19 bits per heavy atom. The van der Waals surface area contributed by atoms with E-state index < -0.39 is 5.82 Å². The van der Waals surface area contributed by atoms with Crippen molar-refractivity contribution in [1.82, 2.24) is 10.3 Å². The molecule has 1 aliphatic rings. The predicted molar refractivity (Wildman–Crippen MR) is 83.3 cm³/mol. The molecule has 1 aromatic heterocycles. The van der Waals surface area contributed by atoms with Crippen molar-refractivity contribution in [2.24, 2.45) is 0 Å². The molecular formula is C15H13BrClFN2O. The highest BCUT2D eigenvalue weighted by Crippen LogP contribution is 2.32. The first kappa shape index (κ1) is 14.8. The molecule has 1 N–H and O–H groups in total. The predicted octanol–water partition coefficient (Wildman–Crippen LogP) is 4.68. The number of nitrogens with zero attached hydrogens (tertiary/aromatic N) is 1. The summed E-state index contributed by atoms with van der Waals surface area (Å²) in [6.07, 6.45) is 3.87. The fourth-order valence-corrected chi connectivity index (χ4v) is 2.64. The van der Waals surface area contributed by atoms with Gasteiger partial charge in [0.05, 0.1) is 4.47 Å². The Labute approximate surface area is 135 Å². The van der Waals surface area contributed by atoms with Crippen molar-refractivity contribution in [3.8, 4) is 11.6 Å². The quantitative estimate of drug-likeness (QED) is 0.828. The van der Waals surface area contributed by atoms with Crippen molar-refractivity contribution >= 4 is 27.5 Å². The molecule has 1 aromatic carbocycles. The lowest BCUT2D eigenvalue weighted by Gasteiger charge is -2.10. The van der Waals surface area contributed by atoms with E-state index in [-0.39, 0.29) is 5.88 Å². The van der Waals surface area contributed by atoms with Crippen molar-refractivity contribution in [2.45, 2.75) is 25.4 Å². The smallest absolute Gasteiger partial charge is 0.256 e. The minimum Gasteiger partial charge on any atom is -0.435 e. The molecule has 0 atom stereocenters. The zero-order valence-corrected chi connectivity index (χ0v) is 13.4. The number of hydrogen-bond donors (Lipinski definition) is 1. The highest BCUT2D eigenvalue weighted by Gasteiger charge is 2.21. The molecule has 3 rings (SSSR count). The summed E-state index contributed by atoms with van der Waals surface area (Å²) in [7, 11) is 0. The molecule has 0 spiro atoms. The molecule has 6 heteroatoms. The summed E-state index contributed by atoms with van der Waals surface area (Å²) in [5.41, 5.74) is 0.553. The maximum atomic E-state index is 14.4. The van der Waals surface area contributed by atoms with E-state index in [9.17, 15) is 4.39 Å². The molecule has 1 heterocycles. The number of benzene rings is 1. The van der Waals surface area contributed by atoms with Gasteiger partial charge in [-0.05, 0) is 53.0 Å². The minimum absolute atomic E-state index is 0.0341. The molecule has 0 radical (unpaired) electrons. The molecule has 0 unspecified atom stereocenters. The standard InChI is InChI=1S/C15H13BrClFN2O/c16-12-7-10(17)1-4-13(12)21-15-14(18)9(5-6-19-15)8-20-11-2-3-11/h1,4-7,11,20H,2-3,8H2. The number of hydrogen-bond acceptors (Lipinski definition) is 3. The van der Waals surface area contributed by atoms with Crippen LogP contribution in [0.5, 0.6) is 11.6 Å². The topological polar surface area (TPSA) is 34.2 Å². The fourth-order valence-electron chi connectivity index (χ4n) is 1.87.